The van der Waals surface area contributed by atoms with Gasteiger partial charge in [-0.25, -0.2) is 0 Å². The Morgan fingerprint density at radius 1 is 1.12 bits per heavy atom. The van der Waals surface area contributed by atoms with Crippen molar-refractivity contribution >= 4 is 40.3 Å². The van der Waals surface area contributed by atoms with Gasteiger partial charge in [-0.1, -0.05) is 48.0 Å². The zero-order valence-corrected chi connectivity index (χ0v) is 14.3. The molecule has 126 valence electrons. The quantitative estimate of drug-likeness (QED) is 0.676. The first-order valence-electron chi connectivity index (χ1n) is 7.78. The molecule has 25 heavy (non-hydrogen) atoms. The van der Waals surface area contributed by atoms with Crippen LogP contribution in [0.4, 0.5) is 5.69 Å². The lowest BCUT2D eigenvalue weighted by Crippen LogP contribution is -2.30. The predicted octanol–water partition coefficient (Wildman–Crippen LogP) is 4.71. The van der Waals surface area contributed by atoms with Crippen LogP contribution in [-0.2, 0) is 4.79 Å². The van der Waals surface area contributed by atoms with E-state index in [2.05, 4.69) is 5.32 Å². The minimum Gasteiger partial charge on any atom is -0.480 e. The smallest absolute Gasteiger partial charge is 0.265 e. The summed E-state index contributed by atoms with van der Waals surface area (Å²) in [6.07, 6.45) is -0.0296. The van der Waals surface area contributed by atoms with Crippen LogP contribution in [-0.4, -0.2) is 18.3 Å². The van der Waals surface area contributed by atoms with Gasteiger partial charge >= 0.3 is 0 Å². The largest absolute Gasteiger partial charge is 0.480 e. The van der Waals surface area contributed by atoms with E-state index < -0.39 is 6.10 Å². The van der Waals surface area contributed by atoms with Gasteiger partial charge in [0.2, 0.25) is 0 Å². The molecule has 0 unspecified atom stereocenters. The molecule has 0 saturated heterocycles. The number of ether oxygens (including phenoxy) is 1. The number of carbonyl (C=O) groups is 2. The fourth-order valence-electron chi connectivity index (χ4n) is 2.55. The van der Waals surface area contributed by atoms with Crippen LogP contribution in [0.2, 0.25) is 5.02 Å². The van der Waals surface area contributed by atoms with Crippen molar-refractivity contribution in [2.45, 2.75) is 13.0 Å². The molecule has 3 rings (SSSR count). The van der Waals surface area contributed by atoms with Crippen LogP contribution in [0.15, 0.2) is 60.7 Å². The fraction of sp³-hybridized carbons (Fsp3) is 0.100. The van der Waals surface area contributed by atoms with Gasteiger partial charge in [-0.2, -0.15) is 0 Å². The minimum absolute atomic E-state index is 0.327. The Morgan fingerprint density at radius 3 is 2.68 bits per heavy atom. The zero-order chi connectivity index (χ0) is 17.8. The number of hydrogen-bond acceptors (Lipinski definition) is 3. The molecular weight excluding hydrogens is 338 g/mol. The first-order valence-corrected chi connectivity index (χ1v) is 8.16. The fourth-order valence-corrected chi connectivity index (χ4v) is 2.74. The van der Waals surface area contributed by atoms with Gasteiger partial charge in [0.25, 0.3) is 5.91 Å². The highest BCUT2D eigenvalue weighted by atomic mass is 35.5. The van der Waals surface area contributed by atoms with Gasteiger partial charge in [-0.15, -0.1) is 0 Å². The molecule has 0 aliphatic carbocycles. The number of carbonyl (C=O) groups excluding carboxylic acids is 2. The summed E-state index contributed by atoms with van der Waals surface area (Å²) in [6.45, 7) is 1.63. The summed E-state index contributed by atoms with van der Waals surface area (Å²) in [4.78, 5) is 23.8. The zero-order valence-electron chi connectivity index (χ0n) is 13.5. The standard InChI is InChI=1S/C20H16ClNO3/c1-13(20(24)22-16-7-4-6-15(21)11-16)25-19-10-9-14-5-2-3-8-17(14)18(19)12-23/h2-13H,1H3,(H,22,24)/t13-/m0/s1. The number of aldehydes is 1. The lowest BCUT2D eigenvalue weighted by atomic mass is 10.0. The molecule has 0 aliphatic rings. The second-order valence-electron chi connectivity index (χ2n) is 5.58. The van der Waals surface area contributed by atoms with Crippen molar-refractivity contribution in [1.82, 2.24) is 0 Å². The molecule has 0 saturated carbocycles. The number of fused-ring (bicyclic) bond motifs is 1. The summed E-state index contributed by atoms with van der Waals surface area (Å²) >= 11 is 5.91. The highest BCUT2D eigenvalue weighted by molar-refractivity contribution is 6.30. The first kappa shape index (κ1) is 17.0. The van der Waals surface area contributed by atoms with E-state index in [1.807, 2.05) is 30.3 Å². The SMILES string of the molecule is C[C@H](Oc1ccc2ccccc2c1C=O)C(=O)Nc1cccc(Cl)c1. The molecule has 3 aromatic rings. The Bertz CT molecular complexity index is 939. The summed E-state index contributed by atoms with van der Waals surface area (Å²) in [6, 6.07) is 18.0. The van der Waals surface area contributed by atoms with Crippen molar-refractivity contribution in [3.63, 3.8) is 0 Å². The predicted molar refractivity (Wildman–Crippen MR) is 99.5 cm³/mol. The maximum atomic E-state index is 12.3. The van der Waals surface area contributed by atoms with E-state index in [9.17, 15) is 9.59 Å². The van der Waals surface area contributed by atoms with Crippen LogP contribution in [0.1, 0.15) is 17.3 Å². The lowest BCUT2D eigenvalue weighted by Gasteiger charge is -2.17. The van der Waals surface area contributed by atoms with Crippen LogP contribution in [0.3, 0.4) is 0 Å². The number of nitrogens with one attached hydrogen (secondary N) is 1. The van der Waals surface area contributed by atoms with E-state index in [-0.39, 0.29) is 5.91 Å². The maximum absolute atomic E-state index is 12.3. The third-order valence-electron chi connectivity index (χ3n) is 3.81. The minimum atomic E-state index is -0.779. The van der Waals surface area contributed by atoms with Crippen molar-refractivity contribution in [3.05, 3.63) is 71.2 Å². The molecule has 1 N–H and O–H groups in total. The van der Waals surface area contributed by atoms with Crippen molar-refractivity contribution in [1.29, 1.82) is 0 Å². The Morgan fingerprint density at radius 2 is 1.92 bits per heavy atom. The Kier molecular flexibility index (Phi) is 5.00. The molecule has 0 bridgehead atoms. The third-order valence-corrected chi connectivity index (χ3v) is 4.05. The number of benzene rings is 3. The molecular formula is C20H16ClNO3. The van der Waals surface area contributed by atoms with Crippen LogP contribution < -0.4 is 10.1 Å². The van der Waals surface area contributed by atoms with E-state index in [4.69, 9.17) is 16.3 Å². The highest BCUT2D eigenvalue weighted by Crippen LogP contribution is 2.27. The van der Waals surface area contributed by atoms with Gasteiger partial charge in [-0.3, -0.25) is 9.59 Å². The van der Waals surface area contributed by atoms with E-state index in [0.717, 1.165) is 17.1 Å². The van der Waals surface area contributed by atoms with E-state index in [1.54, 1.807) is 37.3 Å². The molecule has 4 nitrogen and oxygen atoms in total. The van der Waals surface area contributed by atoms with Crippen LogP contribution in [0, 0.1) is 0 Å². The number of amides is 1. The monoisotopic (exact) mass is 353 g/mol. The van der Waals surface area contributed by atoms with Gasteiger partial charge < -0.3 is 10.1 Å². The molecule has 0 aliphatic heterocycles. The summed E-state index contributed by atoms with van der Waals surface area (Å²) in [5.41, 5.74) is 1.02. The first-order chi connectivity index (χ1) is 12.1. The highest BCUT2D eigenvalue weighted by Gasteiger charge is 2.17. The maximum Gasteiger partial charge on any atom is 0.265 e. The molecule has 1 atom stereocenters. The number of rotatable bonds is 5. The Balaban J connectivity index is 1.80. The van der Waals surface area contributed by atoms with Crippen molar-refractivity contribution in [2.75, 3.05) is 5.32 Å². The third kappa shape index (κ3) is 3.80. The van der Waals surface area contributed by atoms with Gasteiger partial charge in [0, 0.05) is 10.7 Å². The van der Waals surface area contributed by atoms with Gasteiger partial charge in [0.15, 0.2) is 12.4 Å². The second-order valence-corrected chi connectivity index (χ2v) is 6.01. The molecule has 0 fully saturated rings. The van der Waals surface area contributed by atoms with Crippen LogP contribution >= 0.6 is 11.6 Å². The van der Waals surface area contributed by atoms with Crippen LogP contribution in [0.5, 0.6) is 5.75 Å². The Labute approximate surface area is 150 Å². The molecule has 0 aromatic heterocycles. The number of halogens is 1. The molecule has 5 heteroatoms. The molecule has 0 spiro atoms. The average Bonchev–Trinajstić information content (AvgIpc) is 2.61. The van der Waals surface area contributed by atoms with E-state index >= 15 is 0 Å². The second kappa shape index (κ2) is 7.36. The van der Waals surface area contributed by atoms with Gasteiger partial charge in [0.1, 0.15) is 5.75 Å². The molecule has 3 aromatic carbocycles. The normalized spacial score (nSPS) is 11.8. The lowest BCUT2D eigenvalue weighted by molar-refractivity contribution is -0.122. The van der Waals surface area contributed by atoms with Crippen molar-refractivity contribution < 1.29 is 14.3 Å². The summed E-state index contributed by atoms with van der Waals surface area (Å²) < 4.78 is 5.73. The average molecular weight is 354 g/mol. The topological polar surface area (TPSA) is 55.4 Å². The molecule has 0 heterocycles. The van der Waals surface area contributed by atoms with Gasteiger partial charge in [-0.05, 0) is 42.0 Å². The summed E-state index contributed by atoms with van der Waals surface area (Å²) in [7, 11) is 0. The van der Waals surface area contributed by atoms with E-state index in [1.165, 1.54) is 0 Å². The molecule has 1 amide bonds. The molecule has 0 radical (unpaired) electrons. The summed E-state index contributed by atoms with van der Waals surface area (Å²) in [5.74, 6) is 0.0507. The van der Waals surface area contributed by atoms with Gasteiger partial charge in [0.05, 0.1) is 5.56 Å². The van der Waals surface area contributed by atoms with E-state index in [0.29, 0.717) is 22.0 Å². The number of hydrogen-bond donors (Lipinski definition) is 1. The van der Waals surface area contributed by atoms with Crippen molar-refractivity contribution in [2.24, 2.45) is 0 Å². The summed E-state index contributed by atoms with van der Waals surface area (Å²) in [5, 5.41) is 5.00. The van der Waals surface area contributed by atoms with Crippen LogP contribution in [0.25, 0.3) is 10.8 Å². The number of anilines is 1. The Hall–Kier alpha value is -2.85. The van der Waals surface area contributed by atoms with Crippen molar-refractivity contribution in [3.8, 4) is 5.75 Å².